The van der Waals surface area contributed by atoms with Crippen LogP contribution in [0.25, 0.3) is 0 Å². The molecule has 1 aromatic carbocycles. The Morgan fingerprint density at radius 3 is 3.00 bits per heavy atom. The van der Waals surface area contributed by atoms with E-state index in [9.17, 15) is 18.0 Å². The molecule has 0 spiro atoms. The molecule has 10 heteroatoms. The van der Waals surface area contributed by atoms with Gasteiger partial charge in [-0.3, -0.25) is 4.79 Å². The van der Waals surface area contributed by atoms with E-state index in [1.165, 1.54) is 4.31 Å². The zero-order chi connectivity index (χ0) is 18.0. The molecule has 136 valence electrons. The maximum atomic E-state index is 12.0. The first-order chi connectivity index (χ1) is 11.8. The molecular weight excluding hydrogens is 348 g/mol. The van der Waals surface area contributed by atoms with Crippen molar-refractivity contribution in [2.75, 3.05) is 43.1 Å². The summed E-state index contributed by atoms with van der Waals surface area (Å²) in [6.07, 6.45) is 1.06. The van der Waals surface area contributed by atoms with Crippen molar-refractivity contribution in [1.29, 1.82) is 0 Å². The number of nitrogens with zero attached hydrogens (tertiary/aromatic N) is 1. The van der Waals surface area contributed by atoms with Crippen LogP contribution in [0.4, 0.5) is 16.2 Å². The van der Waals surface area contributed by atoms with Crippen LogP contribution in [0.15, 0.2) is 18.2 Å². The van der Waals surface area contributed by atoms with Gasteiger partial charge in [0.25, 0.3) is 0 Å². The van der Waals surface area contributed by atoms with Gasteiger partial charge in [-0.2, -0.15) is 4.31 Å². The number of nitrogens with one attached hydrogen (secondary N) is 3. The van der Waals surface area contributed by atoms with Crippen LogP contribution in [-0.4, -0.2) is 63.3 Å². The minimum Gasteiger partial charge on any atom is -0.374 e. The number of sulfonamides is 1. The van der Waals surface area contributed by atoms with Crippen LogP contribution in [0.3, 0.4) is 0 Å². The summed E-state index contributed by atoms with van der Waals surface area (Å²) in [7, 11) is -3.26. The van der Waals surface area contributed by atoms with E-state index in [2.05, 4.69) is 16.0 Å². The van der Waals surface area contributed by atoms with Crippen LogP contribution in [0.5, 0.6) is 0 Å². The summed E-state index contributed by atoms with van der Waals surface area (Å²) in [5.41, 5.74) is 2.17. The predicted molar refractivity (Wildman–Crippen MR) is 92.0 cm³/mol. The summed E-state index contributed by atoms with van der Waals surface area (Å²) in [5.74, 6) is -0.0681. The maximum absolute atomic E-state index is 12.0. The molecule has 1 saturated heterocycles. The molecule has 0 aromatic heterocycles. The second-order valence-electron chi connectivity index (χ2n) is 6.05. The lowest BCUT2D eigenvalue weighted by Crippen LogP contribution is -2.49. The highest BCUT2D eigenvalue weighted by Gasteiger charge is 2.26. The zero-order valence-corrected chi connectivity index (χ0v) is 14.6. The van der Waals surface area contributed by atoms with Gasteiger partial charge in [-0.05, 0) is 23.8 Å². The molecule has 3 amide bonds. The Balaban J connectivity index is 1.50. The summed E-state index contributed by atoms with van der Waals surface area (Å²) < 4.78 is 30.0. The van der Waals surface area contributed by atoms with E-state index in [1.807, 2.05) is 0 Å². The van der Waals surface area contributed by atoms with Gasteiger partial charge in [0.15, 0.2) is 0 Å². The van der Waals surface area contributed by atoms with E-state index < -0.39 is 22.2 Å². The van der Waals surface area contributed by atoms with Crippen molar-refractivity contribution in [2.45, 2.75) is 12.5 Å². The van der Waals surface area contributed by atoms with Gasteiger partial charge < -0.3 is 20.7 Å². The fraction of sp³-hybridized carbons (Fsp3) is 0.467. The van der Waals surface area contributed by atoms with E-state index in [0.717, 1.165) is 17.5 Å². The van der Waals surface area contributed by atoms with E-state index in [4.69, 9.17) is 4.74 Å². The summed E-state index contributed by atoms with van der Waals surface area (Å²) >= 11 is 0. The van der Waals surface area contributed by atoms with Crippen molar-refractivity contribution in [1.82, 2.24) is 9.62 Å². The smallest absolute Gasteiger partial charge is 0.319 e. The van der Waals surface area contributed by atoms with Crippen LogP contribution in [0, 0.1) is 0 Å². The lowest BCUT2D eigenvalue weighted by molar-refractivity contribution is -0.115. The Bertz CT molecular complexity index is 795. The number of urea groups is 1. The second-order valence-corrected chi connectivity index (χ2v) is 8.03. The van der Waals surface area contributed by atoms with Gasteiger partial charge in [0.2, 0.25) is 15.9 Å². The molecule has 0 unspecified atom stereocenters. The number of morpholine rings is 1. The third-order valence-electron chi connectivity index (χ3n) is 4.05. The van der Waals surface area contributed by atoms with Crippen molar-refractivity contribution < 1.29 is 22.7 Å². The van der Waals surface area contributed by atoms with Crippen molar-refractivity contribution in [3.63, 3.8) is 0 Å². The van der Waals surface area contributed by atoms with Gasteiger partial charge in [0.05, 0.1) is 25.4 Å². The fourth-order valence-corrected chi connectivity index (χ4v) is 3.65. The molecule has 25 heavy (non-hydrogen) atoms. The summed E-state index contributed by atoms with van der Waals surface area (Å²) in [6, 6.07) is 4.77. The van der Waals surface area contributed by atoms with Crippen LogP contribution in [-0.2, 0) is 26.0 Å². The van der Waals surface area contributed by atoms with Gasteiger partial charge in [-0.1, -0.05) is 0 Å². The Labute approximate surface area is 145 Å². The highest BCUT2D eigenvalue weighted by Crippen LogP contribution is 2.25. The number of fused-ring (bicyclic) bond motifs is 1. The number of carbonyl (C=O) groups is 2. The van der Waals surface area contributed by atoms with Gasteiger partial charge in [-0.25, -0.2) is 13.2 Å². The minimum atomic E-state index is -3.26. The van der Waals surface area contributed by atoms with Crippen molar-refractivity contribution >= 4 is 33.3 Å². The first-order valence-corrected chi connectivity index (χ1v) is 9.70. The molecule has 1 fully saturated rings. The van der Waals surface area contributed by atoms with Crippen LogP contribution in [0.1, 0.15) is 5.56 Å². The maximum Gasteiger partial charge on any atom is 0.319 e. The second kappa shape index (κ2) is 6.98. The van der Waals surface area contributed by atoms with Gasteiger partial charge in [0, 0.05) is 31.0 Å². The number of rotatable bonds is 4. The number of amides is 3. The molecule has 2 aliphatic heterocycles. The SMILES string of the molecule is CS(=O)(=O)N1CCO[C@@H](CNC(=O)Nc2ccc3c(c2)CC(=O)N3)C1. The number of carbonyl (C=O) groups excluding carboxylic acids is 2. The third kappa shape index (κ3) is 4.47. The first-order valence-electron chi connectivity index (χ1n) is 7.85. The molecule has 3 rings (SSSR count). The number of hydrogen-bond donors (Lipinski definition) is 3. The van der Waals surface area contributed by atoms with Gasteiger partial charge in [-0.15, -0.1) is 0 Å². The van der Waals surface area contributed by atoms with Gasteiger partial charge >= 0.3 is 6.03 Å². The van der Waals surface area contributed by atoms with Crippen molar-refractivity contribution in [3.05, 3.63) is 23.8 Å². The molecule has 0 radical (unpaired) electrons. The van der Waals surface area contributed by atoms with Crippen molar-refractivity contribution in [2.24, 2.45) is 0 Å². The molecule has 2 aliphatic rings. The number of hydrogen-bond acceptors (Lipinski definition) is 5. The Morgan fingerprint density at radius 2 is 2.24 bits per heavy atom. The largest absolute Gasteiger partial charge is 0.374 e. The molecule has 2 heterocycles. The average molecular weight is 368 g/mol. The van der Waals surface area contributed by atoms with Crippen LogP contribution in [0.2, 0.25) is 0 Å². The van der Waals surface area contributed by atoms with Crippen molar-refractivity contribution in [3.8, 4) is 0 Å². The molecule has 9 nitrogen and oxygen atoms in total. The van der Waals surface area contributed by atoms with E-state index >= 15 is 0 Å². The molecule has 1 aromatic rings. The lowest BCUT2D eigenvalue weighted by atomic mass is 10.1. The fourth-order valence-electron chi connectivity index (χ4n) is 2.81. The minimum absolute atomic E-state index is 0.0681. The molecule has 0 bridgehead atoms. The van der Waals surface area contributed by atoms with E-state index in [0.29, 0.717) is 25.3 Å². The summed E-state index contributed by atoms with van der Waals surface area (Å²) in [4.78, 5) is 23.3. The average Bonchev–Trinajstić information content (AvgIpc) is 2.92. The molecule has 1 atom stereocenters. The van der Waals surface area contributed by atoms with Gasteiger partial charge in [0.1, 0.15) is 0 Å². The highest BCUT2D eigenvalue weighted by atomic mass is 32.2. The molecular formula is C15H20N4O5S. The number of benzene rings is 1. The predicted octanol–water partition coefficient (Wildman–Crippen LogP) is -0.0369. The summed E-state index contributed by atoms with van der Waals surface area (Å²) in [5, 5.41) is 8.09. The monoisotopic (exact) mass is 368 g/mol. The summed E-state index contributed by atoms with van der Waals surface area (Å²) in [6.45, 7) is 1.03. The van der Waals surface area contributed by atoms with Crippen LogP contribution >= 0.6 is 0 Å². The Kier molecular flexibility index (Phi) is 4.93. The number of ether oxygens (including phenoxy) is 1. The Hall–Kier alpha value is -2.17. The highest BCUT2D eigenvalue weighted by molar-refractivity contribution is 7.88. The molecule has 0 saturated carbocycles. The number of anilines is 2. The molecule has 0 aliphatic carbocycles. The Morgan fingerprint density at radius 1 is 1.44 bits per heavy atom. The lowest BCUT2D eigenvalue weighted by Gasteiger charge is -2.31. The van der Waals surface area contributed by atoms with E-state index in [1.54, 1.807) is 18.2 Å². The quantitative estimate of drug-likeness (QED) is 0.690. The molecule has 3 N–H and O–H groups in total. The normalized spacial score (nSPS) is 20.7. The first kappa shape index (κ1) is 17.6. The third-order valence-corrected chi connectivity index (χ3v) is 5.32. The van der Waals surface area contributed by atoms with E-state index in [-0.39, 0.29) is 19.0 Å². The van der Waals surface area contributed by atoms with Crippen LogP contribution < -0.4 is 16.0 Å². The topological polar surface area (TPSA) is 117 Å². The standard InChI is InChI=1S/C15H20N4O5S/c1-25(22,23)19-4-5-24-12(9-19)8-16-15(21)17-11-2-3-13-10(6-11)7-14(20)18-13/h2-3,6,12H,4-5,7-9H2,1H3,(H,18,20)(H2,16,17,21)/t12-/m0/s1. The zero-order valence-electron chi connectivity index (χ0n) is 13.7.